The molecule has 2 aromatic rings. The maximum atomic E-state index is 12.8. The molecular formula is C18H20N4O3. The van der Waals surface area contributed by atoms with E-state index in [9.17, 15) is 14.4 Å². The Kier molecular flexibility index (Phi) is 4.01. The zero-order chi connectivity index (χ0) is 17.4. The van der Waals surface area contributed by atoms with E-state index in [0.29, 0.717) is 25.0 Å². The summed E-state index contributed by atoms with van der Waals surface area (Å²) in [6, 6.07) is 8.52. The van der Waals surface area contributed by atoms with E-state index >= 15 is 0 Å². The van der Waals surface area contributed by atoms with Gasteiger partial charge in [0.05, 0.1) is 5.52 Å². The Morgan fingerprint density at radius 1 is 1.12 bits per heavy atom. The van der Waals surface area contributed by atoms with Crippen LogP contribution in [0.25, 0.3) is 10.9 Å². The lowest BCUT2D eigenvalue weighted by atomic mass is 10.1. The number of nitrogens with zero attached hydrogens (tertiary/aromatic N) is 3. The molecule has 2 aliphatic rings. The van der Waals surface area contributed by atoms with Crippen LogP contribution in [0.4, 0.5) is 0 Å². The van der Waals surface area contributed by atoms with Crippen LogP contribution >= 0.6 is 0 Å². The molecular weight excluding hydrogens is 320 g/mol. The minimum absolute atomic E-state index is 0.00226. The van der Waals surface area contributed by atoms with Crippen LogP contribution in [0.5, 0.6) is 0 Å². The summed E-state index contributed by atoms with van der Waals surface area (Å²) in [5.74, 6) is -0.0376. The molecule has 1 atom stereocenters. The van der Waals surface area contributed by atoms with Crippen LogP contribution in [-0.2, 0) is 16.1 Å². The SMILES string of the molecule is O=C1NCCN2CCN(C(=O)Cn3ccc(=O)c4ccccc43)CC12. The molecule has 0 spiro atoms. The molecule has 2 amide bonds. The molecule has 0 saturated carbocycles. The van der Waals surface area contributed by atoms with Gasteiger partial charge in [0, 0.05) is 50.4 Å². The molecule has 2 saturated heterocycles. The van der Waals surface area contributed by atoms with Gasteiger partial charge >= 0.3 is 0 Å². The van der Waals surface area contributed by atoms with Crippen LogP contribution < -0.4 is 10.7 Å². The maximum Gasteiger partial charge on any atom is 0.242 e. The molecule has 7 nitrogen and oxygen atoms in total. The van der Waals surface area contributed by atoms with Gasteiger partial charge in [-0.2, -0.15) is 0 Å². The largest absolute Gasteiger partial charge is 0.353 e. The highest BCUT2D eigenvalue weighted by molar-refractivity contribution is 5.85. The van der Waals surface area contributed by atoms with Crippen LogP contribution in [0.15, 0.2) is 41.3 Å². The number of pyridine rings is 1. The van der Waals surface area contributed by atoms with Crippen LogP contribution in [-0.4, -0.2) is 64.9 Å². The number of benzene rings is 1. The van der Waals surface area contributed by atoms with Crippen LogP contribution in [0.3, 0.4) is 0 Å². The van der Waals surface area contributed by atoms with Crippen molar-refractivity contribution in [2.24, 2.45) is 0 Å². The minimum Gasteiger partial charge on any atom is -0.353 e. The third-order valence-corrected chi connectivity index (χ3v) is 5.04. The summed E-state index contributed by atoms with van der Waals surface area (Å²) in [6.07, 6.45) is 1.66. The molecule has 1 unspecified atom stereocenters. The van der Waals surface area contributed by atoms with Crippen molar-refractivity contribution in [2.45, 2.75) is 12.6 Å². The minimum atomic E-state index is -0.253. The van der Waals surface area contributed by atoms with Gasteiger partial charge in [-0.25, -0.2) is 0 Å². The molecule has 1 aromatic heterocycles. The second-order valence-corrected chi connectivity index (χ2v) is 6.51. The van der Waals surface area contributed by atoms with E-state index in [4.69, 9.17) is 0 Å². The van der Waals surface area contributed by atoms with Crippen molar-refractivity contribution in [2.75, 3.05) is 32.7 Å². The molecule has 0 radical (unpaired) electrons. The molecule has 2 aliphatic heterocycles. The molecule has 25 heavy (non-hydrogen) atoms. The fourth-order valence-corrected chi connectivity index (χ4v) is 3.65. The molecule has 3 heterocycles. The highest BCUT2D eigenvalue weighted by Crippen LogP contribution is 2.14. The van der Waals surface area contributed by atoms with Gasteiger partial charge in [-0.1, -0.05) is 12.1 Å². The topological polar surface area (TPSA) is 74.7 Å². The molecule has 4 rings (SSSR count). The number of fused-ring (bicyclic) bond motifs is 2. The lowest BCUT2D eigenvalue weighted by Crippen LogP contribution is -2.64. The van der Waals surface area contributed by atoms with E-state index < -0.39 is 0 Å². The first-order valence-electron chi connectivity index (χ1n) is 8.51. The summed E-state index contributed by atoms with van der Waals surface area (Å²) in [4.78, 5) is 40.6. The maximum absolute atomic E-state index is 12.8. The third-order valence-electron chi connectivity index (χ3n) is 5.04. The van der Waals surface area contributed by atoms with E-state index in [1.165, 1.54) is 6.07 Å². The van der Waals surface area contributed by atoms with Crippen molar-refractivity contribution >= 4 is 22.7 Å². The number of piperazine rings is 2. The van der Waals surface area contributed by atoms with Gasteiger partial charge < -0.3 is 14.8 Å². The fraction of sp³-hybridized carbons (Fsp3) is 0.389. The van der Waals surface area contributed by atoms with E-state index in [-0.39, 0.29) is 29.8 Å². The first-order chi connectivity index (χ1) is 12.1. The van der Waals surface area contributed by atoms with Gasteiger partial charge in [0.1, 0.15) is 12.6 Å². The molecule has 1 aromatic carbocycles. The average Bonchev–Trinajstić information content (AvgIpc) is 2.64. The average molecular weight is 340 g/mol. The number of carbonyl (C=O) groups is 2. The molecule has 1 N–H and O–H groups in total. The second-order valence-electron chi connectivity index (χ2n) is 6.51. The van der Waals surface area contributed by atoms with Gasteiger partial charge in [-0.15, -0.1) is 0 Å². The van der Waals surface area contributed by atoms with Crippen molar-refractivity contribution in [3.8, 4) is 0 Å². The van der Waals surface area contributed by atoms with Crippen LogP contribution in [0, 0.1) is 0 Å². The standard InChI is InChI=1S/C18H20N4O3/c23-16-5-7-21(14-4-2-1-3-13(14)16)12-17(24)22-10-9-20-8-6-19-18(25)15(20)11-22/h1-5,7,15H,6,8-12H2,(H,19,25). The number of aromatic nitrogens is 1. The predicted molar refractivity (Wildman–Crippen MR) is 93.2 cm³/mol. The number of amides is 2. The Morgan fingerprint density at radius 2 is 1.96 bits per heavy atom. The normalized spacial score (nSPS) is 21.0. The number of para-hydroxylation sites is 1. The number of carbonyl (C=O) groups excluding carboxylic acids is 2. The summed E-state index contributed by atoms with van der Waals surface area (Å²) in [6.45, 7) is 3.43. The van der Waals surface area contributed by atoms with Gasteiger partial charge in [-0.05, 0) is 12.1 Å². The highest BCUT2D eigenvalue weighted by Gasteiger charge is 2.36. The van der Waals surface area contributed by atoms with Gasteiger partial charge in [0.2, 0.25) is 11.8 Å². The Morgan fingerprint density at radius 3 is 2.84 bits per heavy atom. The Bertz CT molecular complexity index is 891. The molecule has 2 fully saturated rings. The summed E-state index contributed by atoms with van der Waals surface area (Å²) < 4.78 is 1.80. The summed E-state index contributed by atoms with van der Waals surface area (Å²) in [5.41, 5.74) is 0.698. The zero-order valence-corrected chi connectivity index (χ0v) is 13.9. The number of rotatable bonds is 2. The zero-order valence-electron chi connectivity index (χ0n) is 13.9. The smallest absolute Gasteiger partial charge is 0.242 e. The number of hydrogen-bond acceptors (Lipinski definition) is 4. The fourth-order valence-electron chi connectivity index (χ4n) is 3.65. The molecule has 0 bridgehead atoms. The lowest BCUT2D eigenvalue weighted by Gasteiger charge is -2.43. The van der Waals surface area contributed by atoms with Crippen LogP contribution in [0.1, 0.15) is 0 Å². The number of nitrogens with one attached hydrogen (secondary N) is 1. The van der Waals surface area contributed by atoms with Crippen molar-refractivity contribution in [3.05, 3.63) is 46.8 Å². The molecule has 7 heteroatoms. The van der Waals surface area contributed by atoms with Crippen molar-refractivity contribution in [1.82, 2.24) is 19.7 Å². The second kappa shape index (κ2) is 6.33. The highest BCUT2D eigenvalue weighted by atomic mass is 16.2. The van der Waals surface area contributed by atoms with Crippen molar-refractivity contribution in [1.29, 1.82) is 0 Å². The first-order valence-corrected chi connectivity index (χ1v) is 8.51. The van der Waals surface area contributed by atoms with Gasteiger partial charge in [0.15, 0.2) is 5.43 Å². The quantitative estimate of drug-likeness (QED) is 0.811. The third kappa shape index (κ3) is 2.91. The van der Waals surface area contributed by atoms with E-state index in [0.717, 1.165) is 18.6 Å². The van der Waals surface area contributed by atoms with E-state index in [2.05, 4.69) is 10.2 Å². The molecule has 130 valence electrons. The lowest BCUT2D eigenvalue weighted by molar-refractivity contribution is -0.140. The monoisotopic (exact) mass is 340 g/mol. The van der Waals surface area contributed by atoms with E-state index in [1.807, 2.05) is 18.2 Å². The van der Waals surface area contributed by atoms with Crippen molar-refractivity contribution in [3.63, 3.8) is 0 Å². The van der Waals surface area contributed by atoms with Gasteiger partial charge in [0.25, 0.3) is 0 Å². The van der Waals surface area contributed by atoms with Gasteiger partial charge in [-0.3, -0.25) is 19.3 Å². The first kappa shape index (κ1) is 15.8. The predicted octanol–water partition coefficient (Wildman–Crippen LogP) is -0.356. The van der Waals surface area contributed by atoms with E-state index in [1.54, 1.807) is 21.7 Å². The molecule has 0 aliphatic carbocycles. The summed E-state index contributed by atoms with van der Waals surface area (Å²) in [7, 11) is 0. The summed E-state index contributed by atoms with van der Waals surface area (Å²) in [5, 5.41) is 3.47. The Labute approximate surface area is 144 Å². The summed E-state index contributed by atoms with van der Waals surface area (Å²) >= 11 is 0. The number of hydrogen-bond donors (Lipinski definition) is 1. The van der Waals surface area contributed by atoms with Crippen LogP contribution in [0.2, 0.25) is 0 Å². The Hall–Kier alpha value is -2.67. The Balaban J connectivity index is 1.54. The van der Waals surface area contributed by atoms with Crippen molar-refractivity contribution < 1.29 is 9.59 Å².